The van der Waals surface area contributed by atoms with E-state index in [2.05, 4.69) is 0 Å². The number of hydrogen-bond donors (Lipinski definition) is 0. The first-order valence-electron chi connectivity index (χ1n) is 11.5. The first-order valence-corrected chi connectivity index (χ1v) is 11.5. The van der Waals surface area contributed by atoms with Crippen molar-refractivity contribution >= 4 is 23.1 Å². The number of rotatable bonds is 6. The summed E-state index contributed by atoms with van der Waals surface area (Å²) in [4.78, 5) is 51.0. The molecule has 0 N–H and O–H groups in total. The van der Waals surface area contributed by atoms with Crippen LogP contribution in [0.4, 0.5) is 0 Å². The van der Waals surface area contributed by atoms with Crippen LogP contribution in [0.1, 0.15) is 89.2 Å². The summed E-state index contributed by atoms with van der Waals surface area (Å²) in [6.45, 7) is 3.09. The lowest BCUT2D eigenvalue weighted by Gasteiger charge is -2.30. The molecular weight excluding hydrogens is 376 g/mol. The summed E-state index contributed by atoms with van der Waals surface area (Å²) in [7, 11) is 0. The van der Waals surface area contributed by atoms with E-state index in [4.69, 9.17) is 0 Å². The molecular formula is C26H34O4. The lowest BCUT2D eigenvalue weighted by molar-refractivity contribution is -0.141. The van der Waals surface area contributed by atoms with Crippen molar-refractivity contribution in [2.24, 2.45) is 10.8 Å². The number of carbonyl (C=O) groups excluding carboxylic acids is 4. The van der Waals surface area contributed by atoms with Gasteiger partial charge in [0, 0.05) is 12.8 Å². The standard InChI is InChI=1S/C26H34O4/c1-19(27)25(14-7-3-5-12-23(25)29)17-21-10-9-11-22(16-21)18-26(20(2)28)15-8-4-6-13-24(26)30/h9-11,16H,3-8,12-15,17-18H2,1-2H3. The highest BCUT2D eigenvalue weighted by Crippen LogP contribution is 2.39. The molecule has 0 aromatic heterocycles. The molecule has 0 radical (unpaired) electrons. The summed E-state index contributed by atoms with van der Waals surface area (Å²) in [5.41, 5.74) is 0.0345. The van der Waals surface area contributed by atoms with E-state index in [1.807, 2.05) is 24.3 Å². The van der Waals surface area contributed by atoms with Gasteiger partial charge in [0.25, 0.3) is 0 Å². The van der Waals surface area contributed by atoms with Crippen molar-refractivity contribution in [1.29, 1.82) is 0 Å². The minimum absolute atomic E-state index is 0.0426. The maximum absolute atomic E-state index is 12.9. The van der Waals surface area contributed by atoms with Gasteiger partial charge in [-0.3, -0.25) is 19.2 Å². The average Bonchev–Trinajstić information content (AvgIpc) is 3.00. The van der Waals surface area contributed by atoms with E-state index < -0.39 is 10.8 Å². The number of Topliss-reactive ketones (excluding diaryl/α,β-unsaturated/α-hetero) is 4. The second kappa shape index (κ2) is 9.36. The fourth-order valence-corrected chi connectivity index (χ4v) is 5.45. The second-order valence-electron chi connectivity index (χ2n) is 9.42. The van der Waals surface area contributed by atoms with Gasteiger partial charge in [-0.1, -0.05) is 49.9 Å². The van der Waals surface area contributed by atoms with Crippen LogP contribution >= 0.6 is 0 Å². The summed E-state index contributed by atoms with van der Waals surface area (Å²) >= 11 is 0. The number of benzene rings is 1. The van der Waals surface area contributed by atoms with Crippen LogP contribution in [0.3, 0.4) is 0 Å². The van der Waals surface area contributed by atoms with Crippen LogP contribution in [0, 0.1) is 10.8 Å². The molecule has 4 nitrogen and oxygen atoms in total. The minimum Gasteiger partial charge on any atom is -0.299 e. The summed E-state index contributed by atoms with van der Waals surface area (Å²) in [5.74, 6) is 0.0482. The minimum atomic E-state index is -0.925. The van der Waals surface area contributed by atoms with Crippen LogP contribution < -0.4 is 0 Å². The Morgan fingerprint density at radius 1 is 0.733 bits per heavy atom. The van der Waals surface area contributed by atoms with Crippen LogP contribution in [-0.2, 0) is 32.0 Å². The molecule has 2 aliphatic carbocycles. The van der Waals surface area contributed by atoms with Gasteiger partial charge in [0.2, 0.25) is 0 Å². The third kappa shape index (κ3) is 4.48. The third-order valence-corrected chi connectivity index (χ3v) is 7.43. The monoisotopic (exact) mass is 410 g/mol. The Hall–Kier alpha value is -2.10. The maximum atomic E-state index is 12.9. The van der Waals surface area contributed by atoms with Gasteiger partial charge in [-0.05, 0) is 63.5 Å². The van der Waals surface area contributed by atoms with E-state index in [9.17, 15) is 19.2 Å². The predicted molar refractivity (Wildman–Crippen MR) is 116 cm³/mol. The van der Waals surface area contributed by atoms with Crippen LogP contribution in [0.5, 0.6) is 0 Å². The Bertz CT molecular complexity index is 774. The predicted octanol–water partition coefficient (Wildman–Crippen LogP) is 4.99. The lowest BCUT2D eigenvalue weighted by Crippen LogP contribution is -2.40. The average molecular weight is 411 g/mol. The van der Waals surface area contributed by atoms with Crippen LogP contribution in [0.2, 0.25) is 0 Å². The van der Waals surface area contributed by atoms with E-state index in [0.29, 0.717) is 38.5 Å². The topological polar surface area (TPSA) is 68.3 Å². The number of ketones is 4. The Balaban J connectivity index is 1.90. The van der Waals surface area contributed by atoms with Crippen molar-refractivity contribution in [3.8, 4) is 0 Å². The van der Waals surface area contributed by atoms with Gasteiger partial charge in [0.1, 0.15) is 23.1 Å². The molecule has 3 rings (SSSR count). The molecule has 162 valence electrons. The summed E-state index contributed by atoms with van der Waals surface area (Å²) in [6, 6.07) is 7.85. The van der Waals surface area contributed by atoms with Crippen molar-refractivity contribution in [3.63, 3.8) is 0 Å². The normalized spacial score (nSPS) is 27.9. The molecule has 2 unspecified atom stereocenters. The van der Waals surface area contributed by atoms with Gasteiger partial charge in [-0.25, -0.2) is 0 Å². The highest BCUT2D eigenvalue weighted by molar-refractivity contribution is 6.07. The van der Waals surface area contributed by atoms with Gasteiger partial charge in [0.05, 0.1) is 10.8 Å². The van der Waals surface area contributed by atoms with Gasteiger partial charge < -0.3 is 0 Å². The first kappa shape index (κ1) is 22.6. The van der Waals surface area contributed by atoms with E-state index in [1.54, 1.807) is 13.8 Å². The zero-order chi connectivity index (χ0) is 21.8. The molecule has 4 heteroatoms. The van der Waals surface area contributed by atoms with Gasteiger partial charge in [-0.2, -0.15) is 0 Å². The molecule has 0 amide bonds. The Labute approximate surface area is 179 Å². The van der Waals surface area contributed by atoms with Crippen molar-refractivity contribution in [2.75, 3.05) is 0 Å². The molecule has 0 heterocycles. The zero-order valence-corrected chi connectivity index (χ0v) is 18.4. The highest BCUT2D eigenvalue weighted by Gasteiger charge is 2.44. The van der Waals surface area contributed by atoms with E-state index >= 15 is 0 Å². The largest absolute Gasteiger partial charge is 0.299 e. The zero-order valence-electron chi connectivity index (χ0n) is 18.4. The van der Waals surface area contributed by atoms with Crippen molar-refractivity contribution in [1.82, 2.24) is 0 Å². The van der Waals surface area contributed by atoms with Gasteiger partial charge >= 0.3 is 0 Å². The van der Waals surface area contributed by atoms with Crippen molar-refractivity contribution < 1.29 is 19.2 Å². The second-order valence-corrected chi connectivity index (χ2v) is 9.42. The number of hydrogen-bond acceptors (Lipinski definition) is 4. The fraction of sp³-hybridized carbons (Fsp3) is 0.615. The smallest absolute Gasteiger partial charge is 0.146 e. The van der Waals surface area contributed by atoms with Gasteiger partial charge in [0.15, 0.2) is 0 Å². The lowest BCUT2D eigenvalue weighted by atomic mass is 9.70. The molecule has 2 fully saturated rings. The number of carbonyl (C=O) groups is 4. The molecule has 2 aliphatic rings. The molecule has 0 aliphatic heterocycles. The fourth-order valence-electron chi connectivity index (χ4n) is 5.45. The Morgan fingerprint density at radius 2 is 1.17 bits per heavy atom. The SMILES string of the molecule is CC(=O)C1(Cc2cccc(CC3(C(C)=O)CCCCCC3=O)c2)CCCCCC1=O. The van der Waals surface area contributed by atoms with E-state index in [-0.39, 0.29) is 23.1 Å². The van der Waals surface area contributed by atoms with Crippen molar-refractivity contribution in [2.45, 2.75) is 90.9 Å². The Kier molecular flexibility index (Phi) is 7.05. The maximum Gasteiger partial charge on any atom is 0.146 e. The summed E-state index contributed by atoms with van der Waals surface area (Å²) in [6.07, 6.45) is 8.49. The first-order chi connectivity index (χ1) is 14.3. The van der Waals surface area contributed by atoms with Crippen LogP contribution in [0.15, 0.2) is 24.3 Å². The summed E-state index contributed by atoms with van der Waals surface area (Å²) in [5, 5.41) is 0. The summed E-state index contributed by atoms with van der Waals surface area (Å²) < 4.78 is 0. The molecule has 0 bridgehead atoms. The van der Waals surface area contributed by atoms with Crippen LogP contribution in [-0.4, -0.2) is 23.1 Å². The van der Waals surface area contributed by atoms with Crippen molar-refractivity contribution in [3.05, 3.63) is 35.4 Å². The molecule has 30 heavy (non-hydrogen) atoms. The highest BCUT2D eigenvalue weighted by atomic mass is 16.2. The van der Waals surface area contributed by atoms with Gasteiger partial charge in [-0.15, -0.1) is 0 Å². The molecule has 0 spiro atoms. The molecule has 2 atom stereocenters. The Morgan fingerprint density at radius 3 is 1.57 bits per heavy atom. The molecule has 1 aromatic rings. The molecule has 2 saturated carbocycles. The quantitative estimate of drug-likeness (QED) is 0.489. The van der Waals surface area contributed by atoms with E-state index in [0.717, 1.165) is 49.7 Å². The van der Waals surface area contributed by atoms with Crippen LogP contribution in [0.25, 0.3) is 0 Å². The molecule has 1 aromatic carbocycles. The van der Waals surface area contributed by atoms with E-state index in [1.165, 1.54) is 0 Å². The molecule has 0 saturated heterocycles. The third-order valence-electron chi connectivity index (χ3n) is 7.43.